The van der Waals surface area contributed by atoms with Crippen LogP contribution in [0.5, 0.6) is 11.5 Å². The average Bonchev–Trinajstić information content (AvgIpc) is 2.51. The first-order valence-electron chi connectivity index (χ1n) is 8.00. The summed E-state index contributed by atoms with van der Waals surface area (Å²) in [5.41, 5.74) is 0.646. The van der Waals surface area contributed by atoms with Gasteiger partial charge in [0.15, 0.2) is 11.5 Å². The van der Waals surface area contributed by atoms with Crippen molar-refractivity contribution >= 4 is 5.91 Å². The fraction of sp³-hybridized carbons (Fsp3) is 0.588. The van der Waals surface area contributed by atoms with E-state index < -0.39 is 0 Å². The highest BCUT2D eigenvalue weighted by molar-refractivity contribution is 5.95. The van der Waals surface area contributed by atoms with E-state index in [0.29, 0.717) is 36.3 Å². The highest BCUT2D eigenvalue weighted by atomic mass is 16.5. The van der Waals surface area contributed by atoms with Gasteiger partial charge >= 0.3 is 0 Å². The first kappa shape index (κ1) is 16.6. The zero-order valence-corrected chi connectivity index (χ0v) is 13.9. The number of rotatable bonds is 5. The van der Waals surface area contributed by atoms with Crippen molar-refractivity contribution < 1.29 is 14.3 Å². The molecule has 5 nitrogen and oxygen atoms in total. The van der Waals surface area contributed by atoms with Crippen LogP contribution in [0.1, 0.15) is 38.1 Å². The number of hydrogen-bond acceptors (Lipinski definition) is 4. The smallest absolute Gasteiger partial charge is 0.254 e. The number of piperazine rings is 1. The molecule has 0 radical (unpaired) electrons. The predicted molar refractivity (Wildman–Crippen MR) is 86.7 cm³/mol. The summed E-state index contributed by atoms with van der Waals surface area (Å²) in [4.78, 5) is 14.7. The van der Waals surface area contributed by atoms with Crippen LogP contribution in [0.2, 0.25) is 0 Å². The molecule has 0 saturated carbocycles. The highest BCUT2D eigenvalue weighted by Crippen LogP contribution is 2.29. The van der Waals surface area contributed by atoms with Crippen molar-refractivity contribution in [1.82, 2.24) is 10.2 Å². The minimum absolute atomic E-state index is 0.0462. The van der Waals surface area contributed by atoms with E-state index in [2.05, 4.69) is 19.2 Å². The standard InChI is InChI=1S/C17H26N2O3/c1-5-21-15-8-7-14(9-16(15)22-6-2)17(20)19-11-12(3)18-10-13(19)4/h7-9,12-13,18H,5-6,10-11H2,1-4H3. The van der Waals surface area contributed by atoms with Crippen LogP contribution in [0.4, 0.5) is 0 Å². The molecule has 2 rings (SSSR count). The van der Waals surface area contributed by atoms with Crippen molar-refractivity contribution in [2.24, 2.45) is 0 Å². The quantitative estimate of drug-likeness (QED) is 0.907. The molecule has 122 valence electrons. The number of hydrogen-bond donors (Lipinski definition) is 1. The fourth-order valence-corrected chi connectivity index (χ4v) is 2.65. The Balaban J connectivity index is 2.23. The van der Waals surface area contributed by atoms with Crippen LogP contribution in [-0.4, -0.2) is 49.2 Å². The van der Waals surface area contributed by atoms with Crippen molar-refractivity contribution in [2.45, 2.75) is 39.8 Å². The number of ether oxygens (including phenoxy) is 2. The fourth-order valence-electron chi connectivity index (χ4n) is 2.65. The molecule has 1 aliphatic rings. The van der Waals surface area contributed by atoms with E-state index in [1.807, 2.05) is 30.9 Å². The van der Waals surface area contributed by atoms with Crippen molar-refractivity contribution in [3.8, 4) is 11.5 Å². The van der Waals surface area contributed by atoms with Crippen LogP contribution < -0.4 is 14.8 Å². The van der Waals surface area contributed by atoms with Crippen LogP contribution in [0.15, 0.2) is 18.2 Å². The lowest BCUT2D eigenvalue weighted by molar-refractivity contribution is 0.0616. The van der Waals surface area contributed by atoms with Gasteiger partial charge in [-0.05, 0) is 45.9 Å². The molecule has 0 spiro atoms. The van der Waals surface area contributed by atoms with Gasteiger partial charge in [0, 0.05) is 30.7 Å². The van der Waals surface area contributed by atoms with Crippen molar-refractivity contribution in [2.75, 3.05) is 26.3 Å². The number of benzene rings is 1. The Morgan fingerprint density at radius 2 is 1.91 bits per heavy atom. The molecule has 0 aliphatic carbocycles. The summed E-state index contributed by atoms with van der Waals surface area (Å²) < 4.78 is 11.2. The lowest BCUT2D eigenvalue weighted by Crippen LogP contribution is -2.56. The third-order valence-electron chi connectivity index (χ3n) is 3.82. The summed E-state index contributed by atoms with van der Waals surface area (Å²) in [5.74, 6) is 1.36. The summed E-state index contributed by atoms with van der Waals surface area (Å²) >= 11 is 0. The second-order valence-corrected chi connectivity index (χ2v) is 5.64. The normalized spacial score (nSPS) is 21.5. The topological polar surface area (TPSA) is 50.8 Å². The molecular formula is C17H26N2O3. The molecule has 22 heavy (non-hydrogen) atoms. The van der Waals surface area contributed by atoms with Gasteiger partial charge in [0.1, 0.15) is 0 Å². The first-order valence-corrected chi connectivity index (χ1v) is 8.00. The Kier molecular flexibility index (Phi) is 5.66. The predicted octanol–water partition coefficient (Wildman–Crippen LogP) is 2.31. The second-order valence-electron chi connectivity index (χ2n) is 5.64. The Labute approximate surface area is 132 Å². The van der Waals surface area contributed by atoms with Crippen molar-refractivity contribution in [1.29, 1.82) is 0 Å². The third kappa shape index (κ3) is 3.71. The number of carbonyl (C=O) groups excluding carboxylic acids is 1. The van der Waals surface area contributed by atoms with Crippen molar-refractivity contribution in [3.05, 3.63) is 23.8 Å². The largest absolute Gasteiger partial charge is 0.490 e. The van der Waals surface area contributed by atoms with Gasteiger partial charge in [-0.3, -0.25) is 4.79 Å². The number of nitrogens with one attached hydrogen (secondary N) is 1. The maximum Gasteiger partial charge on any atom is 0.254 e. The van der Waals surface area contributed by atoms with E-state index in [-0.39, 0.29) is 11.9 Å². The van der Waals surface area contributed by atoms with Gasteiger partial charge in [-0.15, -0.1) is 0 Å². The van der Waals surface area contributed by atoms with E-state index in [9.17, 15) is 4.79 Å². The summed E-state index contributed by atoms with van der Waals surface area (Å²) in [6.07, 6.45) is 0. The number of amides is 1. The Morgan fingerprint density at radius 3 is 2.59 bits per heavy atom. The summed E-state index contributed by atoms with van der Waals surface area (Å²) in [6.45, 7) is 10.7. The summed E-state index contributed by atoms with van der Waals surface area (Å²) in [5, 5.41) is 3.39. The van der Waals surface area contributed by atoms with E-state index in [1.165, 1.54) is 0 Å². The molecular weight excluding hydrogens is 280 g/mol. The second kappa shape index (κ2) is 7.49. The van der Waals surface area contributed by atoms with Gasteiger partial charge < -0.3 is 19.7 Å². The number of carbonyl (C=O) groups is 1. The first-order chi connectivity index (χ1) is 10.6. The highest BCUT2D eigenvalue weighted by Gasteiger charge is 2.27. The van der Waals surface area contributed by atoms with Crippen LogP contribution in [0, 0.1) is 0 Å². The molecule has 1 fully saturated rings. The molecule has 0 aromatic heterocycles. The van der Waals surface area contributed by atoms with E-state index in [0.717, 1.165) is 13.1 Å². The van der Waals surface area contributed by atoms with Crippen LogP contribution in [0.3, 0.4) is 0 Å². The maximum atomic E-state index is 12.8. The third-order valence-corrected chi connectivity index (χ3v) is 3.82. The molecule has 1 heterocycles. The molecule has 5 heteroatoms. The molecule has 2 unspecified atom stereocenters. The molecule has 1 amide bonds. The number of nitrogens with zero attached hydrogens (tertiary/aromatic N) is 1. The molecule has 1 aromatic rings. The Bertz CT molecular complexity index is 519. The van der Waals surface area contributed by atoms with E-state index in [4.69, 9.17) is 9.47 Å². The van der Waals surface area contributed by atoms with E-state index in [1.54, 1.807) is 6.07 Å². The van der Waals surface area contributed by atoms with Crippen LogP contribution in [0.25, 0.3) is 0 Å². The molecule has 1 saturated heterocycles. The van der Waals surface area contributed by atoms with Gasteiger partial charge in [-0.25, -0.2) is 0 Å². The Hall–Kier alpha value is -1.75. The van der Waals surface area contributed by atoms with Crippen LogP contribution >= 0.6 is 0 Å². The lowest BCUT2D eigenvalue weighted by Gasteiger charge is -2.37. The molecule has 1 N–H and O–H groups in total. The zero-order valence-electron chi connectivity index (χ0n) is 13.9. The van der Waals surface area contributed by atoms with E-state index >= 15 is 0 Å². The maximum absolute atomic E-state index is 12.8. The monoisotopic (exact) mass is 306 g/mol. The SMILES string of the molecule is CCOc1ccc(C(=O)N2CC(C)NCC2C)cc1OCC. The minimum atomic E-state index is 0.0462. The summed E-state index contributed by atoms with van der Waals surface area (Å²) in [6, 6.07) is 5.92. The molecule has 1 aromatic carbocycles. The average molecular weight is 306 g/mol. The van der Waals surface area contributed by atoms with Crippen molar-refractivity contribution in [3.63, 3.8) is 0 Å². The minimum Gasteiger partial charge on any atom is -0.490 e. The Morgan fingerprint density at radius 1 is 1.23 bits per heavy atom. The lowest BCUT2D eigenvalue weighted by atomic mass is 10.1. The van der Waals surface area contributed by atoms with Gasteiger partial charge in [0.2, 0.25) is 0 Å². The van der Waals surface area contributed by atoms with Gasteiger partial charge in [-0.1, -0.05) is 0 Å². The van der Waals surface area contributed by atoms with Gasteiger partial charge in [0.25, 0.3) is 5.91 Å². The van der Waals surface area contributed by atoms with Gasteiger partial charge in [0.05, 0.1) is 13.2 Å². The molecule has 1 aliphatic heterocycles. The summed E-state index contributed by atoms with van der Waals surface area (Å²) in [7, 11) is 0. The molecule has 2 atom stereocenters. The molecule has 0 bridgehead atoms. The zero-order chi connectivity index (χ0) is 16.1. The van der Waals surface area contributed by atoms with Gasteiger partial charge in [-0.2, -0.15) is 0 Å². The van der Waals surface area contributed by atoms with Crippen LogP contribution in [-0.2, 0) is 0 Å².